The van der Waals surface area contributed by atoms with E-state index in [2.05, 4.69) is 10.6 Å². The minimum atomic E-state index is -1.30. The Morgan fingerprint density at radius 1 is 1.04 bits per heavy atom. The lowest BCUT2D eigenvalue weighted by molar-refractivity contribution is -0.134. The van der Waals surface area contributed by atoms with Gasteiger partial charge in [-0.15, -0.1) is 0 Å². The molecule has 1 unspecified atom stereocenters. The monoisotopic (exact) mass is 352 g/mol. The summed E-state index contributed by atoms with van der Waals surface area (Å²) in [6.07, 6.45) is 0.297. The van der Waals surface area contributed by atoms with Gasteiger partial charge in [-0.2, -0.15) is 0 Å². The van der Waals surface area contributed by atoms with Gasteiger partial charge in [0.05, 0.1) is 5.56 Å². The quantitative estimate of drug-likeness (QED) is 0.832. The zero-order valence-electron chi connectivity index (χ0n) is 14.9. The summed E-state index contributed by atoms with van der Waals surface area (Å²) in [7, 11) is 0. The fourth-order valence-electron chi connectivity index (χ4n) is 3.01. The molecule has 0 saturated carbocycles. The van der Waals surface area contributed by atoms with Crippen molar-refractivity contribution < 1.29 is 19.1 Å². The Bertz CT molecular complexity index is 906. The molecular weight excluding hydrogens is 332 g/mol. The number of fused-ring (bicyclic) bond motifs is 1. The van der Waals surface area contributed by atoms with Crippen LogP contribution in [0.4, 0.5) is 11.4 Å². The van der Waals surface area contributed by atoms with Crippen LogP contribution in [-0.4, -0.2) is 23.4 Å². The van der Waals surface area contributed by atoms with E-state index in [0.29, 0.717) is 23.4 Å². The predicted molar refractivity (Wildman–Crippen MR) is 98.1 cm³/mol. The highest BCUT2D eigenvalue weighted by Gasteiger charge is 2.42. The van der Waals surface area contributed by atoms with Crippen LogP contribution in [0.5, 0.6) is 0 Å². The van der Waals surface area contributed by atoms with Gasteiger partial charge in [0.2, 0.25) is 5.91 Å². The van der Waals surface area contributed by atoms with Gasteiger partial charge in [0.15, 0.2) is 5.60 Å². The third kappa shape index (κ3) is 3.31. The van der Waals surface area contributed by atoms with Gasteiger partial charge in [-0.1, -0.05) is 24.3 Å². The van der Waals surface area contributed by atoms with Crippen LogP contribution in [0, 0.1) is 6.92 Å². The van der Waals surface area contributed by atoms with Gasteiger partial charge in [0, 0.05) is 24.7 Å². The summed E-state index contributed by atoms with van der Waals surface area (Å²) in [6, 6.07) is 12.3. The first-order chi connectivity index (χ1) is 12.3. The summed E-state index contributed by atoms with van der Waals surface area (Å²) in [5, 5.41) is 5.54. The molecule has 0 spiro atoms. The number of hydrogen-bond donors (Lipinski definition) is 2. The van der Waals surface area contributed by atoms with Crippen molar-refractivity contribution >= 4 is 29.2 Å². The van der Waals surface area contributed by atoms with Crippen LogP contribution in [0.3, 0.4) is 0 Å². The van der Waals surface area contributed by atoms with Crippen molar-refractivity contribution in [2.45, 2.75) is 32.8 Å². The van der Waals surface area contributed by atoms with Crippen molar-refractivity contribution in [3.63, 3.8) is 0 Å². The van der Waals surface area contributed by atoms with Gasteiger partial charge < -0.3 is 15.4 Å². The highest BCUT2D eigenvalue weighted by atomic mass is 16.6. The number of hydrogen-bond acceptors (Lipinski definition) is 4. The smallest absolute Gasteiger partial charge is 0.339 e. The molecule has 0 aromatic heterocycles. The number of benzene rings is 2. The Morgan fingerprint density at radius 2 is 1.69 bits per heavy atom. The van der Waals surface area contributed by atoms with E-state index in [4.69, 9.17) is 4.74 Å². The van der Waals surface area contributed by atoms with E-state index >= 15 is 0 Å². The number of carbonyl (C=O) groups excluding carboxylic acids is 3. The molecule has 0 radical (unpaired) electrons. The van der Waals surface area contributed by atoms with Crippen molar-refractivity contribution in [2.75, 3.05) is 10.6 Å². The zero-order valence-corrected chi connectivity index (χ0v) is 14.9. The van der Waals surface area contributed by atoms with E-state index in [1.807, 2.05) is 12.1 Å². The summed E-state index contributed by atoms with van der Waals surface area (Å²) in [5.74, 6) is -1.11. The van der Waals surface area contributed by atoms with E-state index in [1.165, 1.54) is 6.92 Å². The molecule has 2 N–H and O–H groups in total. The van der Waals surface area contributed by atoms with E-state index in [-0.39, 0.29) is 5.91 Å². The normalized spacial score (nSPS) is 18.5. The molecule has 1 aliphatic heterocycles. The first-order valence-electron chi connectivity index (χ1n) is 8.30. The second-order valence-electron chi connectivity index (χ2n) is 6.57. The molecule has 1 atom stereocenters. The van der Waals surface area contributed by atoms with Crippen LogP contribution in [0.25, 0.3) is 0 Å². The van der Waals surface area contributed by atoms with E-state index in [1.54, 1.807) is 44.2 Å². The van der Waals surface area contributed by atoms with E-state index in [9.17, 15) is 14.4 Å². The fraction of sp³-hybridized carbons (Fsp3) is 0.250. The lowest BCUT2D eigenvalue weighted by Crippen LogP contribution is -2.49. The second-order valence-corrected chi connectivity index (χ2v) is 6.57. The molecule has 6 heteroatoms. The maximum atomic E-state index is 12.9. The third-order valence-corrected chi connectivity index (χ3v) is 4.46. The van der Waals surface area contributed by atoms with Crippen LogP contribution in [-0.2, 0) is 20.7 Å². The van der Waals surface area contributed by atoms with Crippen molar-refractivity contribution in [1.82, 2.24) is 0 Å². The van der Waals surface area contributed by atoms with Crippen LogP contribution in [0.1, 0.15) is 35.3 Å². The minimum Gasteiger partial charge on any atom is -0.445 e. The first-order valence-corrected chi connectivity index (χ1v) is 8.30. The topological polar surface area (TPSA) is 84.5 Å². The molecule has 0 bridgehead atoms. The van der Waals surface area contributed by atoms with Crippen LogP contribution in [0.2, 0.25) is 0 Å². The van der Waals surface area contributed by atoms with Gasteiger partial charge >= 0.3 is 5.97 Å². The average Bonchev–Trinajstić information content (AvgIpc) is 2.58. The second kappa shape index (κ2) is 6.63. The van der Waals surface area contributed by atoms with Gasteiger partial charge in [-0.05, 0) is 43.2 Å². The molecule has 2 amide bonds. The number of esters is 1. The van der Waals surface area contributed by atoms with E-state index in [0.717, 1.165) is 11.1 Å². The van der Waals surface area contributed by atoms with Crippen LogP contribution >= 0.6 is 0 Å². The van der Waals surface area contributed by atoms with E-state index < -0.39 is 17.5 Å². The molecule has 26 heavy (non-hydrogen) atoms. The summed E-state index contributed by atoms with van der Waals surface area (Å²) in [4.78, 5) is 36.4. The number of rotatable bonds is 3. The molecule has 2 aromatic rings. The van der Waals surface area contributed by atoms with Gasteiger partial charge in [0.1, 0.15) is 0 Å². The summed E-state index contributed by atoms with van der Waals surface area (Å²) in [6.45, 7) is 4.82. The largest absolute Gasteiger partial charge is 0.445 e. The maximum absolute atomic E-state index is 12.9. The van der Waals surface area contributed by atoms with Crippen molar-refractivity contribution in [3.05, 3.63) is 59.2 Å². The molecule has 0 aliphatic carbocycles. The molecule has 3 rings (SSSR count). The standard InChI is InChI=1S/C20H20N2O4/c1-12-16(21-13(2)23)9-6-10-17(12)22-19(25)20(3)11-14-7-4-5-8-15(14)18(24)26-20/h4-10H,11H2,1-3H3,(H,21,23)(H,22,25). The van der Waals surface area contributed by atoms with Crippen molar-refractivity contribution in [3.8, 4) is 0 Å². The lowest BCUT2D eigenvalue weighted by atomic mass is 9.89. The maximum Gasteiger partial charge on any atom is 0.339 e. The number of nitrogens with one attached hydrogen (secondary N) is 2. The number of cyclic esters (lactones) is 1. The first kappa shape index (κ1) is 17.7. The predicted octanol–water partition coefficient (Wildman–Crippen LogP) is 3.06. The number of ether oxygens (including phenoxy) is 1. The lowest BCUT2D eigenvalue weighted by Gasteiger charge is -2.33. The minimum absolute atomic E-state index is 0.193. The number of anilines is 2. The molecule has 134 valence electrons. The highest BCUT2D eigenvalue weighted by Crippen LogP contribution is 2.30. The molecule has 1 aliphatic rings. The average molecular weight is 352 g/mol. The highest BCUT2D eigenvalue weighted by molar-refractivity contribution is 6.03. The third-order valence-electron chi connectivity index (χ3n) is 4.46. The Kier molecular flexibility index (Phi) is 4.50. The summed E-state index contributed by atoms with van der Waals surface area (Å²) >= 11 is 0. The Morgan fingerprint density at radius 3 is 2.38 bits per heavy atom. The molecular formula is C20H20N2O4. The fourth-order valence-corrected chi connectivity index (χ4v) is 3.01. The molecule has 0 saturated heterocycles. The zero-order chi connectivity index (χ0) is 18.9. The van der Waals surface area contributed by atoms with Crippen molar-refractivity contribution in [1.29, 1.82) is 0 Å². The SMILES string of the molecule is CC(=O)Nc1cccc(NC(=O)C2(C)Cc3ccccc3C(=O)O2)c1C. The number of amides is 2. The van der Waals surface area contributed by atoms with Crippen molar-refractivity contribution in [2.24, 2.45) is 0 Å². The van der Waals surface area contributed by atoms with Crippen LogP contribution in [0.15, 0.2) is 42.5 Å². The Labute approximate surface area is 151 Å². The Balaban J connectivity index is 1.85. The van der Waals surface area contributed by atoms with Gasteiger partial charge in [0.25, 0.3) is 5.91 Å². The number of carbonyl (C=O) groups is 3. The Hall–Kier alpha value is -3.15. The molecule has 1 heterocycles. The molecule has 0 fully saturated rings. The molecule has 6 nitrogen and oxygen atoms in total. The van der Waals surface area contributed by atoms with Crippen LogP contribution < -0.4 is 10.6 Å². The summed E-state index contributed by atoms with van der Waals surface area (Å²) in [5.41, 5.74) is 1.86. The molecule has 2 aromatic carbocycles. The summed E-state index contributed by atoms with van der Waals surface area (Å²) < 4.78 is 5.45. The van der Waals surface area contributed by atoms with Gasteiger partial charge in [-0.25, -0.2) is 4.79 Å². The van der Waals surface area contributed by atoms with Gasteiger partial charge in [-0.3, -0.25) is 9.59 Å².